The Bertz CT molecular complexity index is 992. The summed E-state index contributed by atoms with van der Waals surface area (Å²) in [5.41, 5.74) is -0.182. The molecule has 0 unspecified atom stereocenters. The largest absolute Gasteiger partial charge is 0.481 e. The topological polar surface area (TPSA) is 91.8 Å². The molecule has 37 heavy (non-hydrogen) atoms. The fourth-order valence-corrected chi connectivity index (χ4v) is 8.39. The van der Waals surface area contributed by atoms with E-state index in [0.717, 1.165) is 50.2 Å². The van der Waals surface area contributed by atoms with E-state index in [1.165, 1.54) is 0 Å². The molecule has 0 radical (unpaired) electrons. The van der Waals surface area contributed by atoms with Crippen LogP contribution in [0.15, 0.2) is 17.2 Å². The van der Waals surface area contributed by atoms with Gasteiger partial charge < -0.3 is 20.1 Å². The molecule has 0 aromatic carbocycles. The number of hydrogen-bond acceptors (Lipinski definition) is 6. The van der Waals surface area contributed by atoms with Gasteiger partial charge in [0.2, 0.25) is 0 Å². The number of halogens is 2. The molecule has 5 fully saturated rings. The summed E-state index contributed by atoms with van der Waals surface area (Å²) in [5.74, 6) is 1.50. The van der Waals surface area contributed by atoms with Crippen molar-refractivity contribution in [1.29, 1.82) is 0 Å². The van der Waals surface area contributed by atoms with Crippen molar-refractivity contribution in [2.75, 3.05) is 23.7 Å². The van der Waals surface area contributed by atoms with Crippen molar-refractivity contribution >= 4 is 29.5 Å². The molecule has 1 aliphatic heterocycles. The zero-order chi connectivity index (χ0) is 26.2. The van der Waals surface area contributed by atoms with Gasteiger partial charge in [-0.25, -0.2) is 4.98 Å². The second-order valence-electron chi connectivity index (χ2n) is 11.5. The third-order valence-corrected chi connectivity index (χ3v) is 9.89. The summed E-state index contributed by atoms with van der Waals surface area (Å²) < 4.78 is 31.4. The normalized spacial score (nSPS) is 32.6. The third kappa shape index (κ3) is 5.90. The van der Waals surface area contributed by atoms with E-state index < -0.39 is 18.2 Å². The van der Waals surface area contributed by atoms with Crippen molar-refractivity contribution < 1.29 is 28.2 Å². The molecule has 2 heterocycles. The fraction of sp³-hybridized carbons (Fsp3) is 0.741. The van der Waals surface area contributed by atoms with Gasteiger partial charge in [-0.15, -0.1) is 11.8 Å². The van der Waals surface area contributed by atoms with E-state index in [0.29, 0.717) is 42.3 Å². The number of carbonyl (C=O) groups is 2. The summed E-state index contributed by atoms with van der Waals surface area (Å²) in [6, 6.07) is 3.69. The molecular formula is C27H37F2N3O4S. The fourth-order valence-electron chi connectivity index (χ4n) is 7.52. The number of ether oxygens (including phenoxy) is 1. The van der Waals surface area contributed by atoms with Gasteiger partial charge in [-0.2, -0.15) is 8.78 Å². The molecule has 10 heteroatoms. The van der Waals surface area contributed by atoms with E-state index in [4.69, 9.17) is 9.72 Å². The van der Waals surface area contributed by atoms with E-state index in [1.807, 2.05) is 12.1 Å². The van der Waals surface area contributed by atoms with Crippen molar-refractivity contribution in [3.05, 3.63) is 17.7 Å². The van der Waals surface area contributed by atoms with Crippen LogP contribution in [-0.4, -0.2) is 59.1 Å². The quantitative estimate of drug-likeness (QED) is 0.397. The second kappa shape index (κ2) is 11.0. The average molecular weight is 538 g/mol. The van der Waals surface area contributed by atoms with E-state index in [1.54, 1.807) is 11.8 Å². The molecule has 5 aliphatic rings. The van der Waals surface area contributed by atoms with E-state index in [9.17, 15) is 23.5 Å². The number of aromatic nitrogens is 1. The molecule has 1 amide bonds. The number of aliphatic carboxylic acids is 1. The van der Waals surface area contributed by atoms with Crippen LogP contribution in [0.25, 0.3) is 0 Å². The molecule has 4 aliphatic carbocycles. The van der Waals surface area contributed by atoms with Crippen LogP contribution in [0.3, 0.4) is 0 Å². The van der Waals surface area contributed by atoms with E-state index in [2.05, 4.69) is 17.1 Å². The van der Waals surface area contributed by atoms with Crippen molar-refractivity contribution in [2.24, 2.45) is 23.7 Å². The lowest BCUT2D eigenvalue weighted by molar-refractivity contribution is -0.260. The van der Waals surface area contributed by atoms with Gasteiger partial charge in [0.1, 0.15) is 10.8 Å². The van der Waals surface area contributed by atoms with Gasteiger partial charge in [0, 0.05) is 25.6 Å². The summed E-state index contributed by atoms with van der Waals surface area (Å²) in [6.45, 7) is 0.800. The first-order chi connectivity index (χ1) is 17.7. The molecule has 7 nitrogen and oxygen atoms in total. The monoisotopic (exact) mass is 537 g/mol. The molecule has 1 saturated heterocycles. The highest BCUT2D eigenvalue weighted by Gasteiger charge is 2.57. The Morgan fingerprint density at radius 2 is 2.03 bits per heavy atom. The molecule has 4 saturated carbocycles. The number of hydrogen-bond donors (Lipinski definition) is 2. The Morgan fingerprint density at radius 1 is 1.27 bits per heavy atom. The van der Waals surface area contributed by atoms with Crippen LogP contribution < -0.4 is 10.2 Å². The lowest BCUT2D eigenvalue weighted by Crippen LogP contribution is -2.62. The summed E-state index contributed by atoms with van der Waals surface area (Å²) in [7, 11) is 0. The molecule has 2 N–H and O–H groups in total. The molecule has 6 rings (SSSR count). The number of carbonyl (C=O) groups excluding carboxylic acids is 1. The summed E-state index contributed by atoms with van der Waals surface area (Å²) in [6.07, 6.45) is 6.69. The minimum Gasteiger partial charge on any atom is -0.481 e. The Kier molecular flexibility index (Phi) is 7.96. The lowest BCUT2D eigenvalue weighted by Gasteiger charge is -2.59. The number of rotatable bonds is 10. The second-order valence-corrected chi connectivity index (χ2v) is 12.5. The number of carboxylic acid groups (broad SMARTS) is 1. The Morgan fingerprint density at radius 3 is 2.70 bits per heavy atom. The minimum atomic E-state index is -2.76. The van der Waals surface area contributed by atoms with Gasteiger partial charge in [0.25, 0.3) is 5.91 Å². The van der Waals surface area contributed by atoms with Crippen molar-refractivity contribution in [1.82, 2.24) is 10.3 Å². The van der Waals surface area contributed by atoms with Crippen LogP contribution in [0, 0.1) is 23.7 Å². The maximum atomic E-state index is 13.5. The highest BCUT2D eigenvalue weighted by molar-refractivity contribution is 7.99. The Hall–Kier alpha value is -1.94. The predicted molar refractivity (Wildman–Crippen MR) is 137 cm³/mol. The third-order valence-electron chi connectivity index (χ3n) is 8.69. The predicted octanol–water partition coefficient (Wildman–Crippen LogP) is 5.19. The van der Waals surface area contributed by atoms with Crippen LogP contribution in [0.1, 0.15) is 75.1 Å². The molecule has 204 valence electrons. The highest BCUT2D eigenvalue weighted by atomic mass is 32.2. The van der Waals surface area contributed by atoms with Crippen molar-refractivity contribution in [3.63, 3.8) is 0 Å². The van der Waals surface area contributed by atoms with Crippen LogP contribution in [0.5, 0.6) is 0 Å². The standard InChI is InChI=1S/C27H37F2N3O4S/c1-2-8-37-25-20(5-6-21(30-25)32-7-3-4-16(15-32)11-22(33)34)24(35)31-23-18-9-17-10-19(23)14-27(12-17,13-18)36-26(28)29/h5-6,16-19,23,26H,2-4,7-15H2,1H3,(H,31,35)(H,33,34)/t16-,17?,18-,19-,23?,27?/m0/s1. The SMILES string of the molecule is CCCSc1nc(N2CCC[C@@H](CC(=O)O)C2)ccc1C(=O)NC1[C@H]2CC3C[C@H]1CC(OC(F)F)(C3)C2. The molecule has 4 bridgehead atoms. The zero-order valence-electron chi connectivity index (χ0n) is 21.3. The number of carboxylic acids is 1. The number of piperidine rings is 1. The maximum Gasteiger partial charge on any atom is 0.345 e. The van der Waals surface area contributed by atoms with Gasteiger partial charge in [0.05, 0.1) is 11.2 Å². The number of anilines is 1. The van der Waals surface area contributed by atoms with Gasteiger partial charge in [-0.3, -0.25) is 9.59 Å². The van der Waals surface area contributed by atoms with E-state index >= 15 is 0 Å². The highest BCUT2D eigenvalue weighted by Crippen LogP contribution is 2.57. The Labute approximate surface area is 221 Å². The van der Waals surface area contributed by atoms with Gasteiger partial charge in [-0.05, 0) is 92.9 Å². The van der Waals surface area contributed by atoms with Crippen LogP contribution in [0.2, 0.25) is 0 Å². The molecule has 1 aromatic rings. The molecule has 1 aromatic heterocycles. The number of amides is 1. The van der Waals surface area contributed by atoms with E-state index in [-0.39, 0.29) is 36.1 Å². The van der Waals surface area contributed by atoms with Crippen LogP contribution in [-0.2, 0) is 9.53 Å². The smallest absolute Gasteiger partial charge is 0.345 e. The molecule has 0 spiro atoms. The summed E-state index contributed by atoms with van der Waals surface area (Å²) in [5, 5.41) is 13.2. The summed E-state index contributed by atoms with van der Waals surface area (Å²) in [4.78, 5) is 31.8. The first kappa shape index (κ1) is 26.7. The van der Waals surface area contributed by atoms with Gasteiger partial charge >= 0.3 is 12.6 Å². The first-order valence-electron chi connectivity index (χ1n) is 13.6. The zero-order valence-corrected chi connectivity index (χ0v) is 22.2. The van der Waals surface area contributed by atoms with Crippen LogP contribution >= 0.6 is 11.8 Å². The van der Waals surface area contributed by atoms with Gasteiger partial charge in [0.15, 0.2) is 0 Å². The Balaban J connectivity index is 1.31. The number of pyridine rings is 1. The number of nitrogens with zero attached hydrogens (tertiary/aromatic N) is 2. The minimum absolute atomic E-state index is 0.0268. The number of nitrogens with one attached hydrogen (secondary N) is 1. The number of thioether (sulfide) groups is 1. The van der Waals surface area contributed by atoms with Crippen LogP contribution in [0.4, 0.5) is 14.6 Å². The first-order valence-corrected chi connectivity index (χ1v) is 14.6. The van der Waals surface area contributed by atoms with Gasteiger partial charge in [-0.1, -0.05) is 6.92 Å². The maximum absolute atomic E-state index is 13.5. The van der Waals surface area contributed by atoms with Crippen molar-refractivity contribution in [2.45, 2.75) is 88.0 Å². The average Bonchev–Trinajstić information content (AvgIpc) is 2.83. The lowest BCUT2D eigenvalue weighted by atomic mass is 9.52. The number of alkyl halides is 2. The molecular weight excluding hydrogens is 500 g/mol. The molecule has 3 atom stereocenters. The van der Waals surface area contributed by atoms with Crippen molar-refractivity contribution in [3.8, 4) is 0 Å². The summed E-state index contributed by atoms with van der Waals surface area (Å²) >= 11 is 1.57.